The second-order valence-corrected chi connectivity index (χ2v) is 4.12. The van der Waals surface area contributed by atoms with E-state index in [9.17, 15) is 9.18 Å². The molecule has 2 aromatic rings. The smallest absolute Gasteiger partial charge is 0.274 e. The lowest BCUT2D eigenvalue weighted by Gasteiger charge is -2.08. The molecular formula is C14H13FN2O. The molecule has 4 heteroatoms. The van der Waals surface area contributed by atoms with Crippen molar-refractivity contribution in [2.45, 2.75) is 13.8 Å². The van der Waals surface area contributed by atoms with Gasteiger partial charge in [0, 0.05) is 5.69 Å². The predicted molar refractivity (Wildman–Crippen MR) is 68.1 cm³/mol. The number of halogens is 1. The molecule has 1 aromatic heterocycles. The number of aromatic nitrogens is 1. The SMILES string of the molecule is Cc1ccc(NC(=O)c2cccc(F)n2)c(C)c1. The molecule has 1 N–H and O–H groups in total. The largest absolute Gasteiger partial charge is 0.320 e. The van der Waals surface area contributed by atoms with E-state index >= 15 is 0 Å². The highest BCUT2D eigenvalue weighted by Crippen LogP contribution is 2.16. The zero-order valence-corrected chi connectivity index (χ0v) is 10.2. The number of aryl methyl sites for hydroxylation is 2. The van der Waals surface area contributed by atoms with Crippen molar-refractivity contribution >= 4 is 11.6 Å². The Hall–Kier alpha value is -2.23. The van der Waals surface area contributed by atoms with Gasteiger partial charge in [-0.05, 0) is 37.6 Å². The highest BCUT2D eigenvalue weighted by Gasteiger charge is 2.09. The zero-order valence-electron chi connectivity index (χ0n) is 10.2. The molecule has 92 valence electrons. The molecule has 0 atom stereocenters. The van der Waals surface area contributed by atoms with Crippen molar-refractivity contribution in [1.29, 1.82) is 0 Å². The monoisotopic (exact) mass is 244 g/mol. The lowest BCUT2D eigenvalue weighted by Crippen LogP contribution is -2.14. The Morgan fingerprint density at radius 1 is 1.22 bits per heavy atom. The van der Waals surface area contributed by atoms with Crippen LogP contribution >= 0.6 is 0 Å². The summed E-state index contributed by atoms with van der Waals surface area (Å²) in [4.78, 5) is 15.4. The number of rotatable bonds is 2. The van der Waals surface area contributed by atoms with Gasteiger partial charge in [0.2, 0.25) is 5.95 Å². The van der Waals surface area contributed by atoms with E-state index in [1.807, 2.05) is 32.0 Å². The van der Waals surface area contributed by atoms with Crippen molar-refractivity contribution in [1.82, 2.24) is 4.98 Å². The maximum Gasteiger partial charge on any atom is 0.274 e. The maximum atomic E-state index is 12.9. The number of hydrogen-bond acceptors (Lipinski definition) is 2. The molecule has 0 aliphatic rings. The van der Waals surface area contributed by atoms with Crippen LogP contribution in [0.3, 0.4) is 0 Å². The van der Waals surface area contributed by atoms with Crippen LogP contribution in [0.2, 0.25) is 0 Å². The average molecular weight is 244 g/mol. The number of carbonyl (C=O) groups excluding carboxylic acids is 1. The van der Waals surface area contributed by atoms with Gasteiger partial charge in [0.15, 0.2) is 0 Å². The zero-order chi connectivity index (χ0) is 13.1. The van der Waals surface area contributed by atoms with Gasteiger partial charge in [-0.1, -0.05) is 23.8 Å². The Balaban J connectivity index is 2.21. The highest BCUT2D eigenvalue weighted by molar-refractivity contribution is 6.03. The molecule has 1 aromatic carbocycles. The summed E-state index contributed by atoms with van der Waals surface area (Å²) in [6.45, 7) is 3.88. The third-order valence-electron chi connectivity index (χ3n) is 2.58. The topological polar surface area (TPSA) is 42.0 Å². The van der Waals surface area contributed by atoms with Crippen LogP contribution in [0, 0.1) is 19.8 Å². The van der Waals surface area contributed by atoms with E-state index in [1.54, 1.807) is 0 Å². The molecule has 0 aliphatic carbocycles. The number of nitrogens with zero attached hydrogens (tertiary/aromatic N) is 1. The number of benzene rings is 1. The van der Waals surface area contributed by atoms with Crippen LogP contribution in [0.25, 0.3) is 0 Å². The van der Waals surface area contributed by atoms with E-state index in [0.29, 0.717) is 5.69 Å². The second-order valence-electron chi connectivity index (χ2n) is 4.12. The van der Waals surface area contributed by atoms with Crippen molar-refractivity contribution < 1.29 is 9.18 Å². The first kappa shape index (κ1) is 12.2. The van der Waals surface area contributed by atoms with Crippen molar-refractivity contribution in [2.75, 3.05) is 5.32 Å². The van der Waals surface area contributed by atoms with Gasteiger partial charge in [0.05, 0.1) is 0 Å². The summed E-state index contributed by atoms with van der Waals surface area (Å²) in [7, 11) is 0. The van der Waals surface area contributed by atoms with Gasteiger partial charge in [-0.2, -0.15) is 4.39 Å². The Kier molecular flexibility index (Phi) is 3.37. The third-order valence-corrected chi connectivity index (χ3v) is 2.58. The molecule has 2 rings (SSSR count). The van der Waals surface area contributed by atoms with Crippen molar-refractivity contribution in [3.8, 4) is 0 Å². The fraction of sp³-hybridized carbons (Fsp3) is 0.143. The average Bonchev–Trinajstić information content (AvgIpc) is 2.32. The minimum absolute atomic E-state index is 0.0648. The molecule has 18 heavy (non-hydrogen) atoms. The number of hydrogen-bond donors (Lipinski definition) is 1. The number of carbonyl (C=O) groups is 1. The first-order chi connectivity index (χ1) is 8.56. The summed E-state index contributed by atoms with van der Waals surface area (Å²) in [6, 6.07) is 9.83. The summed E-state index contributed by atoms with van der Waals surface area (Å²) in [5.74, 6) is -1.08. The number of nitrogens with one attached hydrogen (secondary N) is 1. The number of anilines is 1. The fourth-order valence-corrected chi connectivity index (χ4v) is 1.67. The quantitative estimate of drug-likeness (QED) is 0.825. The van der Waals surface area contributed by atoms with Gasteiger partial charge in [-0.3, -0.25) is 4.79 Å². The van der Waals surface area contributed by atoms with Crippen LogP contribution < -0.4 is 5.32 Å². The highest BCUT2D eigenvalue weighted by atomic mass is 19.1. The van der Waals surface area contributed by atoms with Crippen LogP contribution in [-0.4, -0.2) is 10.9 Å². The van der Waals surface area contributed by atoms with E-state index in [4.69, 9.17) is 0 Å². The van der Waals surface area contributed by atoms with Crippen LogP contribution in [0.4, 0.5) is 10.1 Å². The number of pyridine rings is 1. The minimum Gasteiger partial charge on any atom is -0.320 e. The molecule has 1 heterocycles. The molecule has 1 amide bonds. The molecule has 0 saturated heterocycles. The van der Waals surface area contributed by atoms with Crippen molar-refractivity contribution in [3.63, 3.8) is 0 Å². The molecule has 0 unspecified atom stereocenters. The third kappa shape index (κ3) is 2.71. The lowest BCUT2D eigenvalue weighted by molar-refractivity contribution is 0.102. The van der Waals surface area contributed by atoms with E-state index < -0.39 is 11.9 Å². The Bertz CT molecular complexity index is 596. The lowest BCUT2D eigenvalue weighted by atomic mass is 10.1. The first-order valence-electron chi connectivity index (χ1n) is 5.57. The van der Waals surface area contributed by atoms with Crippen molar-refractivity contribution in [2.24, 2.45) is 0 Å². The van der Waals surface area contributed by atoms with Crippen LogP contribution in [0.1, 0.15) is 21.6 Å². The second kappa shape index (κ2) is 4.96. The van der Waals surface area contributed by atoms with Gasteiger partial charge in [0.25, 0.3) is 5.91 Å². The molecule has 0 aliphatic heterocycles. The minimum atomic E-state index is -0.664. The van der Waals surface area contributed by atoms with E-state index in [0.717, 1.165) is 11.1 Å². The molecule has 0 fully saturated rings. The van der Waals surface area contributed by atoms with Gasteiger partial charge in [-0.15, -0.1) is 0 Å². The van der Waals surface area contributed by atoms with Crippen LogP contribution in [-0.2, 0) is 0 Å². The Morgan fingerprint density at radius 2 is 2.00 bits per heavy atom. The van der Waals surface area contributed by atoms with E-state index in [-0.39, 0.29) is 5.69 Å². The summed E-state index contributed by atoms with van der Waals surface area (Å²) < 4.78 is 12.9. The molecule has 0 spiro atoms. The first-order valence-corrected chi connectivity index (χ1v) is 5.57. The predicted octanol–water partition coefficient (Wildman–Crippen LogP) is 3.09. The van der Waals surface area contributed by atoms with Gasteiger partial charge >= 0.3 is 0 Å². The standard InChI is InChI=1S/C14H13FN2O/c1-9-6-7-11(10(2)8-9)17-14(18)12-4-3-5-13(15)16-12/h3-8H,1-2H3,(H,17,18). The number of amides is 1. The van der Waals surface area contributed by atoms with Crippen LogP contribution in [0.15, 0.2) is 36.4 Å². The van der Waals surface area contributed by atoms with E-state index in [1.165, 1.54) is 18.2 Å². The molecule has 3 nitrogen and oxygen atoms in total. The van der Waals surface area contributed by atoms with Crippen LogP contribution in [0.5, 0.6) is 0 Å². The van der Waals surface area contributed by atoms with Gasteiger partial charge in [-0.25, -0.2) is 4.98 Å². The summed E-state index contributed by atoms with van der Waals surface area (Å²) >= 11 is 0. The summed E-state index contributed by atoms with van der Waals surface area (Å²) in [5.41, 5.74) is 2.85. The molecular weight excluding hydrogens is 231 g/mol. The Morgan fingerprint density at radius 3 is 2.67 bits per heavy atom. The maximum absolute atomic E-state index is 12.9. The summed E-state index contributed by atoms with van der Waals surface area (Å²) in [5, 5.41) is 2.71. The summed E-state index contributed by atoms with van der Waals surface area (Å²) in [6.07, 6.45) is 0. The normalized spacial score (nSPS) is 10.2. The molecule has 0 radical (unpaired) electrons. The van der Waals surface area contributed by atoms with Gasteiger partial charge in [0.1, 0.15) is 5.69 Å². The van der Waals surface area contributed by atoms with E-state index in [2.05, 4.69) is 10.3 Å². The Labute approximate surface area is 105 Å². The molecule has 0 saturated carbocycles. The molecule has 0 bridgehead atoms. The van der Waals surface area contributed by atoms with Crippen molar-refractivity contribution in [3.05, 3.63) is 59.2 Å². The fourth-order valence-electron chi connectivity index (χ4n) is 1.67. The van der Waals surface area contributed by atoms with Gasteiger partial charge < -0.3 is 5.32 Å².